The number of hydrogen-bond donors (Lipinski definition) is 0. The molecule has 0 atom stereocenters. The molecule has 0 N–H and O–H groups in total. The number of nitrogens with zero attached hydrogens (tertiary/aromatic N) is 4. The van der Waals surface area contributed by atoms with Crippen LogP contribution in [0.25, 0.3) is 11.0 Å². The highest BCUT2D eigenvalue weighted by Crippen LogP contribution is 2.29. The Morgan fingerprint density at radius 1 is 1.00 bits per heavy atom. The van der Waals surface area contributed by atoms with Crippen LogP contribution in [-0.4, -0.2) is 26.8 Å². The molecule has 0 aliphatic carbocycles. The average Bonchev–Trinajstić information content (AvgIpc) is 3.14. The molecule has 3 aromatic rings. The largest absolute Gasteiger partial charge is 0.358 e. The second kappa shape index (κ2) is 9.08. The summed E-state index contributed by atoms with van der Waals surface area (Å²) in [5.41, 5.74) is 0.845. The Kier molecular flexibility index (Phi) is 6.71. The smallest absolute Gasteiger partial charge is 0.331 e. The minimum absolute atomic E-state index is 0.249. The fourth-order valence-corrected chi connectivity index (χ4v) is 4.13. The van der Waals surface area contributed by atoms with Crippen LogP contribution in [0.3, 0.4) is 0 Å². The zero-order valence-corrected chi connectivity index (χ0v) is 18.7. The summed E-state index contributed by atoms with van der Waals surface area (Å²) < 4.78 is 18.3. The van der Waals surface area contributed by atoms with Gasteiger partial charge < -0.3 is 9.47 Å². The molecular formula is C22H28ClFN4O2. The number of benzene rings is 1. The molecule has 1 aliphatic heterocycles. The van der Waals surface area contributed by atoms with Crippen LogP contribution >= 0.6 is 11.6 Å². The second-order valence-corrected chi connectivity index (χ2v) is 7.72. The van der Waals surface area contributed by atoms with Gasteiger partial charge in [0.05, 0.1) is 12.1 Å². The quantitative estimate of drug-likeness (QED) is 0.628. The van der Waals surface area contributed by atoms with Crippen molar-refractivity contribution in [2.75, 3.05) is 18.0 Å². The molecule has 0 radical (unpaired) electrons. The fraction of sp³-hybridized carbons (Fsp3) is 0.455. The summed E-state index contributed by atoms with van der Waals surface area (Å²) in [7, 11) is 3.13. The number of fused-ring (bicyclic) bond motifs is 1. The molecule has 1 saturated heterocycles. The van der Waals surface area contributed by atoms with E-state index in [4.69, 9.17) is 11.6 Å². The maximum atomic E-state index is 13.8. The van der Waals surface area contributed by atoms with Crippen LogP contribution in [0.5, 0.6) is 0 Å². The Morgan fingerprint density at radius 3 is 2.33 bits per heavy atom. The summed E-state index contributed by atoms with van der Waals surface area (Å²) in [5.74, 6) is 0.476. The molecule has 0 saturated carbocycles. The van der Waals surface area contributed by atoms with Gasteiger partial charge in [0.25, 0.3) is 5.56 Å². The minimum atomic E-state index is -0.379. The van der Waals surface area contributed by atoms with Crippen molar-refractivity contribution in [3.63, 3.8) is 0 Å². The summed E-state index contributed by atoms with van der Waals surface area (Å²) in [6.45, 7) is 6.00. The lowest BCUT2D eigenvalue weighted by Crippen LogP contribution is -2.37. The van der Waals surface area contributed by atoms with E-state index in [2.05, 4.69) is 4.90 Å². The number of anilines is 1. The third kappa shape index (κ3) is 3.90. The molecule has 1 fully saturated rings. The maximum Gasteiger partial charge on any atom is 0.331 e. The average molecular weight is 435 g/mol. The van der Waals surface area contributed by atoms with Gasteiger partial charge in [-0.1, -0.05) is 25.4 Å². The molecule has 6 nitrogen and oxygen atoms in total. The van der Waals surface area contributed by atoms with Gasteiger partial charge in [0.2, 0.25) is 0 Å². The molecule has 2 aromatic heterocycles. The van der Waals surface area contributed by atoms with E-state index in [0.29, 0.717) is 21.6 Å². The molecular weight excluding hydrogens is 407 g/mol. The number of hydrogen-bond acceptors (Lipinski definition) is 3. The van der Waals surface area contributed by atoms with Gasteiger partial charge in [-0.3, -0.25) is 13.9 Å². The van der Waals surface area contributed by atoms with Crippen molar-refractivity contribution in [2.24, 2.45) is 14.1 Å². The van der Waals surface area contributed by atoms with Gasteiger partial charge in [0, 0.05) is 38.3 Å². The van der Waals surface area contributed by atoms with Crippen LogP contribution < -0.4 is 16.1 Å². The van der Waals surface area contributed by atoms with Gasteiger partial charge in [-0.2, -0.15) is 0 Å². The zero-order chi connectivity index (χ0) is 22.0. The van der Waals surface area contributed by atoms with Gasteiger partial charge in [-0.05, 0) is 43.0 Å². The predicted octanol–water partition coefficient (Wildman–Crippen LogP) is 3.90. The summed E-state index contributed by atoms with van der Waals surface area (Å²) in [6, 6.07) is 6.11. The SMILES string of the molecule is CC.Cn1c(=O)c2c(cc(N3CCCCC3)n2Cc2cc(F)ccc2Cl)n(C)c1=O. The van der Waals surface area contributed by atoms with Crippen molar-refractivity contribution in [1.29, 1.82) is 0 Å². The van der Waals surface area contributed by atoms with Crippen LogP contribution in [0.2, 0.25) is 5.02 Å². The second-order valence-electron chi connectivity index (χ2n) is 7.31. The molecule has 3 heterocycles. The van der Waals surface area contributed by atoms with Gasteiger partial charge in [-0.15, -0.1) is 0 Å². The van der Waals surface area contributed by atoms with E-state index in [1.807, 2.05) is 24.5 Å². The number of halogens is 2. The van der Waals surface area contributed by atoms with E-state index in [1.54, 1.807) is 7.05 Å². The van der Waals surface area contributed by atoms with Gasteiger partial charge >= 0.3 is 5.69 Å². The lowest BCUT2D eigenvalue weighted by Gasteiger charge is -2.29. The highest BCUT2D eigenvalue weighted by molar-refractivity contribution is 6.31. The van der Waals surface area contributed by atoms with Crippen LogP contribution in [0.15, 0.2) is 33.9 Å². The van der Waals surface area contributed by atoms with E-state index in [1.165, 1.54) is 36.2 Å². The summed E-state index contributed by atoms with van der Waals surface area (Å²) in [6.07, 6.45) is 3.31. The molecule has 4 rings (SSSR count). The van der Waals surface area contributed by atoms with Crippen molar-refractivity contribution in [1.82, 2.24) is 13.7 Å². The predicted molar refractivity (Wildman–Crippen MR) is 120 cm³/mol. The van der Waals surface area contributed by atoms with Crippen molar-refractivity contribution in [2.45, 2.75) is 39.7 Å². The molecule has 0 spiro atoms. The molecule has 8 heteroatoms. The van der Waals surface area contributed by atoms with Crippen LogP contribution in [0.4, 0.5) is 10.2 Å². The highest BCUT2D eigenvalue weighted by Gasteiger charge is 2.22. The Hall–Kier alpha value is -2.54. The Balaban J connectivity index is 0.00000124. The first kappa shape index (κ1) is 22.2. The van der Waals surface area contributed by atoms with Gasteiger partial charge in [0.15, 0.2) is 0 Å². The number of aryl methyl sites for hydroxylation is 1. The highest BCUT2D eigenvalue weighted by atomic mass is 35.5. The molecule has 1 aliphatic rings. The lowest BCUT2D eigenvalue weighted by molar-refractivity contribution is 0.565. The molecule has 1 aromatic carbocycles. The minimum Gasteiger partial charge on any atom is -0.358 e. The monoisotopic (exact) mass is 434 g/mol. The molecule has 0 bridgehead atoms. The van der Waals surface area contributed by atoms with E-state index < -0.39 is 0 Å². The van der Waals surface area contributed by atoms with Crippen molar-refractivity contribution < 1.29 is 4.39 Å². The Labute approximate surface area is 180 Å². The van der Waals surface area contributed by atoms with Crippen LogP contribution in [0, 0.1) is 5.82 Å². The third-order valence-electron chi connectivity index (χ3n) is 5.51. The number of aromatic nitrogens is 3. The Morgan fingerprint density at radius 2 is 1.67 bits per heavy atom. The van der Waals surface area contributed by atoms with Crippen LogP contribution in [-0.2, 0) is 20.6 Å². The van der Waals surface area contributed by atoms with E-state index in [0.717, 1.165) is 36.3 Å². The number of piperidine rings is 1. The maximum absolute atomic E-state index is 13.8. The first-order chi connectivity index (χ1) is 14.4. The van der Waals surface area contributed by atoms with Crippen molar-refractivity contribution in [3.8, 4) is 0 Å². The van der Waals surface area contributed by atoms with E-state index in [9.17, 15) is 14.0 Å². The normalized spacial score (nSPS) is 14.0. The third-order valence-corrected chi connectivity index (χ3v) is 5.88. The number of rotatable bonds is 3. The summed E-state index contributed by atoms with van der Waals surface area (Å²) in [5, 5.41) is 0.439. The van der Waals surface area contributed by atoms with E-state index in [-0.39, 0.29) is 23.6 Å². The summed E-state index contributed by atoms with van der Waals surface area (Å²) >= 11 is 6.30. The lowest BCUT2D eigenvalue weighted by atomic mass is 10.1. The van der Waals surface area contributed by atoms with Gasteiger partial charge in [-0.25, -0.2) is 9.18 Å². The van der Waals surface area contributed by atoms with E-state index >= 15 is 0 Å². The molecule has 0 unspecified atom stereocenters. The Bertz CT molecular complexity index is 1170. The first-order valence-electron chi connectivity index (χ1n) is 10.4. The van der Waals surface area contributed by atoms with Crippen molar-refractivity contribution >= 4 is 28.5 Å². The molecule has 0 amide bonds. The summed E-state index contributed by atoms with van der Waals surface area (Å²) in [4.78, 5) is 27.6. The van der Waals surface area contributed by atoms with Crippen LogP contribution in [0.1, 0.15) is 38.7 Å². The standard InChI is InChI=1S/C20H22ClFN4O2.C2H6/c1-23-16-11-17(25-8-4-3-5-9-25)26(18(16)19(27)24(2)20(23)28)12-13-10-14(22)6-7-15(13)21;1-2/h6-7,10-11H,3-5,8-9,12H2,1-2H3;1-2H3. The zero-order valence-electron chi connectivity index (χ0n) is 17.9. The topological polar surface area (TPSA) is 52.2 Å². The molecule has 30 heavy (non-hydrogen) atoms. The molecule has 162 valence electrons. The fourth-order valence-electron chi connectivity index (χ4n) is 3.96. The van der Waals surface area contributed by atoms with Crippen molar-refractivity contribution in [3.05, 3.63) is 61.5 Å². The van der Waals surface area contributed by atoms with Gasteiger partial charge in [0.1, 0.15) is 17.2 Å². The first-order valence-corrected chi connectivity index (χ1v) is 10.7.